The summed E-state index contributed by atoms with van der Waals surface area (Å²) in [6.07, 6.45) is 2.25. The molecule has 1 aromatic rings. The van der Waals surface area contributed by atoms with Gasteiger partial charge in [0.05, 0.1) is 13.2 Å². The van der Waals surface area contributed by atoms with E-state index in [1.54, 1.807) is 11.3 Å². The summed E-state index contributed by atoms with van der Waals surface area (Å²) in [7, 11) is 0. The summed E-state index contributed by atoms with van der Waals surface area (Å²) >= 11 is 1.80. The second-order valence-corrected chi connectivity index (χ2v) is 6.53. The van der Waals surface area contributed by atoms with Gasteiger partial charge >= 0.3 is 0 Å². The van der Waals surface area contributed by atoms with Crippen LogP contribution in [-0.2, 0) is 11.2 Å². The average Bonchev–Trinajstić information content (AvgIpc) is 2.73. The largest absolute Gasteiger partial charge is 0.380 e. The van der Waals surface area contributed by atoms with Gasteiger partial charge in [0.2, 0.25) is 0 Å². The van der Waals surface area contributed by atoms with Crippen molar-refractivity contribution >= 4 is 11.3 Å². The van der Waals surface area contributed by atoms with Crippen LogP contribution in [0.25, 0.3) is 0 Å². The second kappa shape index (κ2) is 7.85. The highest BCUT2D eigenvalue weighted by Crippen LogP contribution is 2.16. The first-order valence-corrected chi connectivity index (χ1v) is 7.27. The Balaban J connectivity index is 1.85. The summed E-state index contributed by atoms with van der Waals surface area (Å²) in [6.45, 7) is 10.5. The van der Waals surface area contributed by atoms with Crippen molar-refractivity contribution in [1.29, 1.82) is 0 Å². The molecule has 0 fully saturated rings. The maximum absolute atomic E-state index is 5.58. The molecular weight excluding hydrogens is 230 g/mol. The zero-order valence-corrected chi connectivity index (χ0v) is 12.1. The Hall–Kier alpha value is -0.380. The molecule has 0 aromatic carbocycles. The van der Waals surface area contributed by atoms with E-state index < -0.39 is 0 Å². The van der Waals surface area contributed by atoms with Crippen LogP contribution in [0, 0.1) is 5.41 Å². The smallest absolute Gasteiger partial charge is 0.0591 e. The minimum atomic E-state index is 0.424. The molecule has 1 rings (SSSR count). The quantitative estimate of drug-likeness (QED) is 0.719. The fourth-order valence-corrected chi connectivity index (χ4v) is 2.15. The van der Waals surface area contributed by atoms with Crippen LogP contribution >= 0.6 is 11.3 Å². The van der Waals surface area contributed by atoms with Crippen molar-refractivity contribution < 1.29 is 4.74 Å². The molecule has 0 radical (unpaired) electrons. The molecule has 1 aromatic heterocycles. The van der Waals surface area contributed by atoms with Gasteiger partial charge in [0.25, 0.3) is 0 Å². The average molecular weight is 255 g/mol. The third-order valence-corrected chi connectivity index (χ3v) is 3.48. The van der Waals surface area contributed by atoms with Crippen molar-refractivity contribution in [2.75, 3.05) is 26.3 Å². The Morgan fingerprint density at radius 2 is 2.06 bits per heavy atom. The third kappa shape index (κ3) is 8.36. The van der Waals surface area contributed by atoms with Crippen LogP contribution in [-0.4, -0.2) is 26.3 Å². The van der Waals surface area contributed by atoms with E-state index in [1.807, 2.05) is 0 Å². The van der Waals surface area contributed by atoms with Crippen LogP contribution in [0.1, 0.15) is 32.1 Å². The van der Waals surface area contributed by atoms with Crippen molar-refractivity contribution in [3.8, 4) is 0 Å². The van der Waals surface area contributed by atoms with Crippen LogP contribution in [0.2, 0.25) is 0 Å². The molecule has 0 spiro atoms. The lowest BCUT2D eigenvalue weighted by molar-refractivity contribution is 0.138. The molecule has 0 aliphatic rings. The maximum Gasteiger partial charge on any atom is 0.0591 e. The molecule has 1 heterocycles. The lowest BCUT2D eigenvalue weighted by Crippen LogP contribution is -2.24. The first kappa shape index (κ1) is 14.7. The van der Waals surface area contributed by atoms with Gasteiger partial charge in [0.1, 0.15) is 0 Å². The van der Waals surface area contributed by atoms with Crippen molar-refractivity contribution in [2.45, 2.75) is 33.6 Å². The van der Waals surface area contributed by atoms with Crippen molar-refractivity contribution in [3.63, 3.8) is 0 Å². The number of hydrogen-bond donors (Lipinski definition) is 1. The molecule has 0 unspecified atom stereocenters. The summed E-state index contributed by atoms with van der Waals surface area (Å²) < 4.78 is 5.58. The van der Waals surface area contributed by atoms with Crippen LogP contribution in [0.3, 0.4) is 0 Å². The summed E-state index contributed by atoms with van der Waals surface area (Å²) in [6, 6.07) is 4.25. The molecule has 17 heavy (non-hydrogen) atoms. The van der Waals surface area contributed by atoms with E-state index in [2.05, 4.69) is 43.6 Å². The lowest BCUT2D eigenvalue weighted by atomic mass is 9.92. The first-order chi connectivity index (χ1) is 8.08. The van der Waals surface area contributed by atoms with E-state index >= 15 is 0 Å². The van der Waals surface area contributed by atoms with Crippen LogP contribution in [0.15, 0.2) is 17.5 Å². The predicted molar refractivity (Wildman–Crippen MR) is 75.8 cm³/mol. The normalized spacial score (nSPS) is 11.9. The molecule has 3 heteroatoms. The van der Waals surface area contributed by atoms with E-state index in [9.17, 15) is 0 Å². The highest BCUT2D eigenvalue weighted by Gasteiger charge is 2.08. The molecule has 1 N–H and O–H groups in total. The number of rotatable bonds is 8. The number of thiophene rings is 1. The van der Waals surface area contributed by atoms with Crippen LogP contribution < -0.4 is 5.32 Å². The Kier molecular flexibility index (Phi) is 6.78. The summed E-state index contributed by atoms with van der Waals surface area (Å²) in [5.41, 5.74) is 0.424. The van der Waals surface area contributed by atoms with Gasteiger partial charge in [-0.05, 0) is 29.8 Å². The number of hydrogen-bond acceptors (Lipinski definition) is 3. The van der Waals surface area contributed by atoms with Gasteiger partial charge in [0, 0.05) is 17.8 Å². The minimum Gasteiger partial charge on any atom is -0.380 e. The molecule has 0 bridgehead atoms. The molecule has 98 valence electrons. The van der Waals surface area contributed by atoms with Crippen LogP contribution in [0.4, 0.5) is 0 Å². The molecule has 0 atom stereocenters. The Morgan fingerprint density at radius 3 is 2.71 bits per heavy atom. The minimum absolute atomic E-state index is 0.424. The fraction of sp³-hybridized carbons (Fsp3) is 0.714. The molecule has 0 aliphatic carbocycles. The van der Waals surface area contributed by atoms with Gasteiger partial charge in [-0.1, -0.05) is 26.8 Å². The van der Waals surface area contributed by atoms with E-state index in [0.717, 1.165) is 32.7 Å². The van der Waals surface area contributed by atoms with Gasteiger partial charge in [-0.25, -0.2) is 0 Å². The Morgan fingerprint density at radius 1 is 1.24 bits per heavy atom. The number of ether oxygens (including phenoxy) is 1. The van der Waals surface area contributed by atoms with Crippen molar-refractivity contribution in [3.05, 3.63) is 22.4 Å². The van der Waals surface area contributed by atoms with Gasteiger partial charge in [0.15, 0.2) is 0 Å². The molecule has 0 aliphatic heterocycles. The zero-order valence-electron chi connectivity index (χ0n) is 11.3. The van der Waals surface area contributed by atoms with Gasteiger partial charge in [-0.2, -0.15) is 0 Å². The van der Waals surface area contributed by atoms with E-state index in [4.69, 9.17) is 4.74 Å². The highest BCUT2D eigenvalue weighted by molar-refractivity contribution is 7.09. The predicted octanol–water partition coefficient (Wildman–Crippen LogP) is 3.33. The third-order valence-electron chi connectivity index (χ3n) is 2.55. The molecule has 0 saturated carbocycles. The number of nitrogens with one attached hydrogen (secondary N) is 1. The molecule has 0 amide bonds. The van der Waals surface area contributed by atoms with Gasteiger partial charge < -0.3 is 10.1 Å². The van der Waals surface area contributed by atoms with E-state index in [1.165, 1.54) is 11.3 Å². The van der Waals surface area contributed by atoms with Gasteiger partial charge in [-0.3, -0.25) is 0 Å². The Labute approximate surface area is 109 Å². The first-order valence-electron chi connectivity index (χ1n) is 6.39. The van der Waals surface area contributed by atoms with E-state index in [0.29, 0.717) is 5.41 Å². The monoisotopic (exact) mass is 255 g/mol. The van der Waals surface area contributed by atoms with Crippen LogP contribution in [0.5, 0.6) is 0 Å². The SMILES string of the molecule is CC(C)(C)CCNCCOCCc1cccs1. The second-order valence-electron chi connectivity index (χ2n) is 5.50. The maximum atomic E-state index is 5.58. The topological polar surface area (TPSA) is 21.3 Å². The standard InChI is InChI=1S/C14H25NOS/c1-14(2,3)7-8-15-9-11-16-10-6-13-5-4-12-17-13/h4-5,12,15H,6-11H2,1-3H3. The Bertz CT molecular complexity index is 277. The molecular formula is C14H25NOS. The summed E-state index contributed by atoms with van der Waals surface area (Å²) in [5.74, 6) is 0. The van der Waals surface area contributed by atoms with Crippen molar-refractivity contribution in [1.82, 2.24) is 5.32 Å². The lowest BCUT2D eigenvalue weighted by Gasteiger charge is -2.18. The highest BCUT2D eigenvalue weighted by atomic mass is 32.1. The molecule has 0 saturated heterocycles. The summed E-state index contributed by atoms with van der Waals surface area (Å²) in [4.78, 5) is 1.41. The van der Waals surface area contributed by atoms with Crippen molar-refractivity contribution in [2.24, 2.45) is 5.41 Å². The zero-order chi connectivity index (χ0) is 12.6. The van der Waals surface area contributed by atoms with Gasteiger partial charge in [-0.15, -0.1) is 11.3 Å². The fourth-order valence-electron chi connectivity index (χ4n) is 1.46. The van der Waals surface area contributed by atoms with E-state index in [-0.39, 0.29) is 0 Å². The molecule has 2 nitrogen and oxygen atoms in total. The summed E-state index contributed by atoms with van der Waals surface area (Å²) in [5, 5.41) is 5.53.